The minimum absolute atomic E-state index is 0.196. The minimum Gasteiger partial charge on any atom is -0.618 e. The molecular formula is C8H9NO2. The third kappa shape index (κ3) is 1.37. The monoisotopic (exact) mass is 151 g/mol. The number of aromatic nitrogens is 1. The van der Waals surface area contributed by atoms with Gasteiger partial charge in [0, 0.05) is 18.6 Å². The summed E-state index contributed by atoms with van der Waals surface area (Å²) >= 11 is 0. The minimum atomic E-state index is -0.196. The molecule has 58 valence electrons. The van der Waals surface area contributed by atoms with Gasteiger partial charge in [-0.2, -0.15) is 4.73 Å². The molecule has 0 aliphatic carbocycles. The molecule has 0 unspecified atom stereocenters. The van der Waals surface area contributed by atoms with Crippen molar-refractivity contribution in [1.29, 1.82) is 0 Å². The van der Waals surface area contributed by atoms with Gasteiger partial charge in [0.15, 0.2) is 6.20 Å². The average Bonchev–Trinajstić information content (AvgIpc) is 1.85. The predicted octanol–water partition coefficient (Wildman–Crippen LogP) is 0.831. The Morgan fingerprint density at radius 3 is 2.64 bits per heavy atom. The highest BCUT2D eigenvalue weighted by atomic mass is 16.5. The fourth-order valence-corrected chi connectivity index (χ4v) is 1.03. The Bertz CT molecular complexity index is 274. The van der Waals surface area contributed by atoms with E-state index in [9.17, 15) is 10.0 Å². The van der Waals surface area contributed by atoms with E-state index < -0.39 is 0 Å². The van der Waals surface area contributed by atoms with Gasteiger partial charge in [0.05, 0.1) is 0 Å². The first kappa shape index (κ1) is 7.72. The van der Waals surface area contributed by atoms with Crippen molar-refractivity contribution in [3.8, 4) is 0 Å². The largest absolute Gasteiger partial charge is 0.618 e. The summed E-state index contributed by atoms with van der Waals surface area (Å²) in [6.07, 6.45) is 1.32. The predicted molar refractivity (Wildman–Crippen MR) is 40.1 cm³/mol. The molecule has 3 heteroatoms. The first-order valence-corrected chi connectivity index (χ1v) is 3.32. The van der Waals surface area contributed by atoms with Gasteiger partial charge in [-0.25, -0.2) is 0 Å². The highest BCUT2D eigenvalue weighted by Gasteiger charge is 2.12. The Labute approximate surface area is 64.9 Å². The number of carbonyl (C=O) groups excluding carboxylic acids is 1. The molecule has 11 heavy (non-hydrogen) atoms. The van der Waals surface area contributed by atoms with Crippen molar-refractivity contribution in [2.45, 2.75) is 13.8 Å². The molecule has 0 aliphatic heterocycles. The van der Waals surface area contributed by atoms with E-state index in [1.807, 2.05) is 0 Å². The molecule has 0 spiro atoms. The maximum absolute atomic E-state index is 11.0. The van der Waals surface area contributed by atoms with Crippen molar-refractivity contribution in [2.75, 3.05) is 0 Å². The van der Waals surface area contributed by atoms with Gasteiger partial charge in [-0.05, 0) is 13.0 Å². The van der Waals surface area contributed by atoms with Crippen LogP contribution in [0, 0.1) is 12.1 Å². The molecular weight excluding hydrogens is 142 g/mol. The lowest BCUT2D eigenvalue weighted by Crippen LogP contribution is -2.34. The molecule has 0 aromatic carbocycles. The van der Waals surface area contributed by atoms with E-state index in [0.29, 0.717) is 4.73 Å². The Morgan fingerprint density at radius 1 is 1.64 bits per heavy atom. The van der Waals surface area contributed by atoms with Crippen molar-refractivity contribution in [2.24, 2.45) is 0 Å². The third-order valence-electron chi connectivity index (χ3n) is 1.50. The normalized spacial score (nSPS) is 9.64. The number of carbonyl (C=O) groups is 1. The molecule has 0 radical (unpaired) electrons. The van der Waals surface area contributed by atoms with Crippen LogP contribution >= 0.6 is 0 Å². The van der Waals surface area contributed by atoms with E-state index in [1.54, 1.807) is 19.1 Å². The number of hydrogen-bond acceptors (Lipinski definition) is 2. The summed E-state index contributed by atoms with van der Waals surface area (Å²) in [5.41, 5.74) is 0.947. The molecule has 0 aliphatic rings. The number of hydrogen-bond donors (Lipinski definition) is 0. The second kappa shape index (κ2) is 2.70. The Hall–Kier alpha value is -1.38. The van der Waals surface area contributed by atoms with Crippen molar-refractivity contribution in [1.82, 2.24) is 0 Å². The fraction of sp³-hybridized carbons (Fsp3) is 0.250. The van der Waals surface area contributed by atoms with Crippen LogP contribution in [-0.4, -0.2) is 5.78 Å². The lowest BCUT2D eigenvalue weighted by molar-refractivity contribution is -0.608. The molecule has 0 bridgehead atoms. The lowest BCUT2D eigenvalue weighted by Gasteiger charge is -2.02. The quantitative estimate of drug-likeness (QED) is 0.339. The van der Waals surface area contributed by atoms with E-state index >= 15 is 0 Å². The molecule has 0 saturated heterocycles. The number of Topliss-reactive ketones (excluding diaryl/α,β-unsaturated/α-hetero) is 1. The van der Waals surface area contributed by atoms with Gasteiger partial charge in [-0.15, -0.1) is 0 Å². The summed E-state index contributed by atoms with van der Waals surface area (Å²) in [6, 6.07) is 3.36. The standard InChI is InChI=1S/C8H9NO2/c1-6-4-3-5-9(11)8(6)7(2)10/h3-5H,1-2H3. The van der Waals surface area contributed by atoms with Crippen LogP contribution in [0.5, 0.6) is 0 Å². The van der Waals surface area contributed by atoms with Gasteiger partial charge in [-0.1, -0.05) is 0 Å². The summed E-state index contributed by atoms with van der Waals surface area (Å²) in [5, 5.41) is 11.0. The van der Waals surface area contributed by atoms with Gasteiger partial charge < -0.3 is 5.21 Å². The molecule has 1 aromatic heterocycles. The number of nitrogens with zero attached hydrogens (tertiary/aromatic N) is 1. The van der Waals surface area contributed by atoms with Crippen LogP contribution in [-0.2, 0) is 0 Å². The SMILES string of the molecule is CC(=O)c1c(C)ccc[n+]1[O-]. The second-order valence-electron chi connectivity index (χ2n) is 2.42. The average molecular weight is 151 g/mol. The summed E-state index contributed by atoms with van der Waals surface area (Å²) < 4.78 is 0.595. The summed E-state index contributed by atoms with van der Waals surface area (Å²) in [4.78, 5) is 10.9. The summed E-state index contributed by atoms with van der Waals surface area (Å²) in [5.74, 6) is -0.196. The zero-order chi connectivity index (χ0) is 8.43. The number of aryl methyl sites for hydroxylation is 1. The van der Waals surface area contributed by atoms with Crippen LogP contribution in [0.4, 0.5) is 0 Å². The zero-order valence-electron chi connectivity index (χ0n) is 6.50. The molecule has 0 saturated carbocycles. The first-order chi connectivity index (χ1) is 5.13. The van der Waals surface area contributed by atoms with Crippen molar-refractivity contribution in [3.05, 3.63) is 34.8 Å². The van der Waals surface area contributed by atoms with Gasteiger partial charge in [-0.3, -0.25) is 4.79 Å². The molecule has 1 heterocycles. The van der Waals surface area contributed by atoms with E-state index in [4.69, 9.17) is 0 Å². The van der Waals surface area contributed by atoms with Gasteiger partial charge in [0.2, 0.25) is 5.78 Å². The topological polar surface area (TPSA) is 44.0 Å². The van der Waals surface area contributed by atoms with Crippen LogP contribution < -0.4 is 4.73 Å². The van der Waals surface area contributed by atoms with E-state index in [2.05, 4.69) is 0 Å². The van der Waals surface area contributed by atoms with E-state index in [0.717, 1.165) is 5.56 Å². The second-order valence-corrected chi connectivity index (χ2v) is 2.42. The zero-order valence-corrected chi connectivity index (χ0v) is 6.50. The molecule has 1 aromatic rings. The molecule has 0 fully saturated rings. The first-order valence-electron chi connectivity index (χ1n) is 3.32. The fourth-order valence-electron chi connectivity index (χ4n) is 1.03. The Kier molecular flexibility index (Phi) is 1.89. The van der Waals surface area contributed by atoms with E-state index in [1.165, 1.54) is 13.1 Å². The van der Waals surface area contributed by atoms with Crippen molar-refractivity contribution < 1.29 is 9.52 Å². The summed E-state index contributed by atoms with van der Waals surface area (Å²) in [6.45, 7) is 3.13. The number of rotatable bonds is 1. The maximum Gasteiger partial charge on any atom is 0.262 e. The van der Waals surface area contributed by atoms with Crippen molar-refractivity contribution >= 4 is 5.78 Å². The Balaban J connectivity index is 3.32. The molecule has 0 N–H and O–H groups in total. The molecule has 0 atom stereocenters. The van der Waals surface area contributed by atoms with Crippen molar-refractivity contribution in [3.63, 3.8) is 0 Å². The highest BCUT2D eigenvalue weighted by Crippen LogP contribution is 2.00. The number of ketones is 1. The number of pyridine rings is 1. The molecule has 1 rings (SSSR count). The van der Waals surface area contributed by atoms with Crippen LogP contribution in [0.1, 0.15) is 23.0 Å². The smallest absolute Gasteiger partial charge is 0.262 e. The molecule has 3 nitrogen and oxygen atoms in total. The van der Waals surface area contributed by atoms with Crippen LogP contribution in [0.3, 0.4) is 0 Å². The molecule has 0 amide bonds. The Morgan fingerprint density at radius 2 is 2.27 bits per heavy atom. The lowest BCUT2D eigenvalue weighted by atomic mass is 10.2. The van der Waals surface area contributed by atoms with Crippen LogP contribution in [0.25, 0.3) is 0 Å². The highest BCUT2D eigenvalue weighted by molar-refractivity contribution is 5.91. The maximum atomic E-state index is 11.0. The van der Waals surface area contributed by atoms with E-state index in [-0.39, 0.29) is 11.5 Å². The van der Waals surface area contributed by atoms with Gasteiger partial charge in [0.25, 0.3) is 5.69 Å². The summed E-state index contributed by atoms with van der Waals surface area (Å²) in [7, 11) is 0. The van der Waals surface area contributed by atoms with Gasteiger partial charge >= 0.3 is 0 Å². The third-order valence-corrected chi connectivity index (χ3v) is 1.50. The van der Waals surface area contributed by atoms with Crippen LogP contribution in [0.2, 0.25) is 0 Å². The van der Waals surface area contributed by atoms with Crippen LogP contribution in [0.15, 0.2) is 18.3 Å². The van der Waals surface area contributed by atoms with Gasteiger partial charge in [0.1, 0.15) is 0 Å².